The number of hydrogen-bond acceptors (Lipinski definition) is 5. The van der Waals surface area contributed by atoms with E-state index in [1.54, 1.807) is 19.4 Å². The maximum atomic E-state index is 12.6. The molecular formula is C31H32N2O4. The number of ether oxygens (including phenoxy) is 2. The zero-order chi connectivity index (χ0) is 25.6. The molecule has 0 radical (unpaired) electrons. The lowest BCUT2D eigenvalue weighted by atomic mass is 9.97. The molecule has 1 amide bonds. The monoisotopic (exact) mass is 496 g/mol. The molecule has 0 saturated carbocycles. The molecule has 190 valence electrons. The molecule has 6 heteroatoms. The summed E-state index contributed by atoms with van der Waals surface area (Å²) < 4.78 is 16.9. The second-order valence-corrected chi connectivity index (χ2v) is 9.21. The van der Waals surface area contributed by atoms with E-state index in [1.807, 2.05) is 37.3 Å². The number of rotatable bonds is 8. The van der Waals surface area contributed by atoms with Crippen LogP contribution in [0.2, 0.25) is 0 Å². The lowest BCUT2D eigenvalue weighted by Crippen LogP contribution is -2.41. The highest BCUT2D eigenvalue weighted by atomic mass is 16.5. The Kier molecular flexibility index (Phi) is 7.68. The Hall–Kier alpha value is -3.87. The van der Waals surface area contributed by atoms with Crippen LogP contribution in [0.3, 0.4) is 0 Å². The molecule has 0 unspecified atom stereocenters. The fourth-order valence-electron chi connectivity index (χ4n) is 4.72. The van der Waals surface area contributed by atoms with Gasteiger partial charge in [0.15, 0.2) is 0 Å². The van der Waals surface area contributed by atoms with Crippen molar-refractivity contribution in [2.75, 3.05) is 46.5 Å². The molecule has 1 saturated heterocycles. The summed E-state index contributed by atoms with van der Waals surface area (Å²) in [4.78, 5) is 14.9. The third-order valence-electron chi connectivity index (χ3n) is 6.80. The molecular weight excluding hydrogens is 464 g/mol. The highest BCUT2D eigenvalue weighted by Crippen LogP contribution is 2.37. The molecule has 1 aromatic heterocycles. The minimum atomic E-state index is -0.114. The normalized spacial score (nSPS) is 14.6. The summed E-state index contributed by atoms with van der Waals surface area (Å²) >= 11 is 0. The highest BCUT2D eigenvalue weighted by Gasteiger charge is 2.15. The molecule has 1 aliphatic heterocycles. The van der Waals surface area contributed by atoms with Crippen LogP contribution in [0.1, 0.15) is 12.5 Å². The largest absolute Gasteiger partial charge is 0.496 e. The zero-order valence-electron chi connectivity index (χ0n) is 21.3. The average Bonchev–Trinajstić information content (AvgIpc) is 3.36. The lowest BCUT2D eigenvalue weighted by molar-refractivity contribution is -0.116. The van der Waals surface area contributed by atoms with Crippen LogP contribution in [-0.4, -0.2) is 57.3 Å². The summed E-state index contributed by atoms with van der Waals surface area (Å²) in [5.74, 6) is 0.555. The molecule has 1 aliphatic rings. The van der Waals surface area contributed by atoms with E-state index >= 15 is 0 Å². The van der Waals surface area contributed by atoms with Crippen LogP contribution in [0.4, 0.5) is 0 Å². The number of furan rings is 1. The zero-order valence-corrected chi connectivity index (χ0v) is 21.3. The van der Waals surface area contributed by atoms with Crippen LogP contribution >= 0.6 is 0 Å². The molecule has 4 aromatic rings. The summed E-state index contributed by atoms with van der Waals surface area (Å²) in [6.45, 7) is 6.67. The van der Waals surface area contributed by atoms with Gasteiger partial charge < -0.3 is 19.2 Å². The van der Waals surface area contributed by atoms with Crippen molar-refractivity contribution in [3.8, 4) is 28.0 Å². The Bertz CT molecular complexity index is 1380. The van der Waals surface area contributed by atoms with Gasteiger partial charge in [0.25, 0.3) is 0 Å². The number of benzene rings is 3. The minimum absolute atomic E-state index is 0.114. The van der Waals surface area contributed by atoms with Crippen LogP contribution in [0.5, 0.6) is 5.75 Å². The standard InChI is InChI=1S/C31H32N2O4/c1-22(18-31(34)32-12-13-33-14-16-36-17-15-33)26-19-27-28(21-37-30(27)20-29(26)35-2)25-10-8-24(9-11-25)23-6-4-3-5-7-23/h3-11,18-21H,12-17H2,1-2H3,(H,32,34)/b22-18+. The summed E-state index contributed by atoms with van der Waals surface area (Å²) in [5.41, 5.74) is 6.85. The van der Waals surface area contributed by atoms with E-state index in [4.69, 9.17) is 13.9 Å². The van der Waals surface area contributed by atoms with E-state index in [9.17, 15) is 4.79 Å². The predicted molar refractivity (Wildman–Crippen MR) is 148 cm³/mol. The number of allylic oxidation sites excluding steroid dienone is 1. The van der Waals surface area contributed by atoms with Gasteiger partial charge in [0, 0.05) is 54.8 Å². The van der Waals surface area contributed by atoms with E-state index in [0.717, 1.165) is 71.6 Å². The van der Waals surface area contributed by atoms with Crippen molar-refractivity contribution in [1.29, 1.82) is 0 Å². The van der Waals surface area contributed by atoms with Crippen LogP contribution in [0.15, 0.2) is 83.5 Å². The van der Waals surface area contributed by atoms with Gasteiger partial charge in [0.05, 0.1) is 26.6 Å². The number of carbonyl (C=O) groups is 1. The Morgan fingerprint density at radius 1 is 1.00 bits per heavy atom. The molecule has 0 spiro atoms. The van der Waals surface area contributed by atoms with Gasteiger partial charge in [-0.3, -0.25) is 9.69 Å². The fourth-order valence-corrected chi connectivity index (χ4v) is 4.72. The van der Waals surface area contributed by atoms with Crippen LogP contribution in [0, 0.1) is 0 Å². The number of amides is 1. The summed E-state index contributed by atoms with van der Waals surface area (Å²) in [6.07, 6.45) is 3.42. The van der Waals surface area contributed by atoms with E-state index in [2.05, 4.69) is 46.6 Å². The van der Waals surface area contributed by atoms with E-state index in [-0.39, 0.29) is 5.91 Å². The van der Waals surface area contributed by atoms with Gasteiger partial charge in [0.2, 0.25) is 5.91 Å². The Morgan fingerprint density at radius 3 is 2.43 bits per heavy atom. The average molecular weight is 497 g/mol. The number of hydrogen-bond donors (Lipinski definition) is 1. The Labute approximate surface area is 217 Å². The second-order valence-electron chi connectivity index (χ2n) is 9.21. The van der Waals surface area contributed by atoms with Gasteiger partial charge in [-0.25, -0.2) is 0 Å². The SMILES string of the molecule is COc1cc2occ(-c3ccc(-c4ccccc4)cc3)c2cc1/C(C)=C/C(=O)NCCN1CCOCC1. The van der Waals surface area contributed by atoms with Crippen molar-refractivity contribution in [2.24, 2.45) is 0 Å². The molecule has 0 atom stereocenters. The quantitative estimate of drug-likeness (QED) is 0.321. The lowest BCUT2D eigenvalue weighted by Gasteiger charge is -2.26. The molecule has 0 bridgehead atoms. The van der Waals surface area contributed by atoms with E-state index in [1.165, 1.54) is 5.56 Å². The molecule has 1 N–H and O–H groups in total. The summed E-state index contributed by atoms with van der Waals surface area (Å²) in [7, 11) is 1.63. The van der Waals surface area contributed by atoms with Crippen LogP contribution < -0.4 is 10.1 Å². The molecule has 5 rings (SSSR count). The van der Waals surface area contributed by atoms with E-state index in [0.29, 0.717) is 12.3 Å². The smallest absolute Gasteiger partial charge is 0.244 e. The molecule has 37 heavy (non-hydrogen) atoms. The van der Waals surface area contributed by atoms with Crippen molar-refractivity contribution in [3.63, 3.8) is 0 Å². The number of nitrogens with one attached hydrogen (secondary N) is 1. The Morgan fingerprint density at radius 2 is 1.70 bits per heavy atom. The number of nitrogens with zero attached hydrogens (tertiary/aromatic N) is 1. The molecule has 2 heterocycles. The number of fused-ring (bicyclic) bond motifs is 1. The van der Waals surface area contributed by atoms with Gasteiger partial charge in [-0.1, -0.05) is 54.6 Å². The van der Waals surface area contributed by atoms with Crippen molar-refractivity contribution in [2.45, 2.75) is 6.92 Å². The first-order chi connectivity index (χ1) is 18.1. The van der Waals surface area contributed by atoms with Crippen LogP contribution in [-0.2, 0) is 9.53 Å². The maximum Gasteiger partial charge on any atom is 0.244 e. The molecule has 1 fully saturated rings. The van der Waals surface area contributed by atoms with Crippen molar-refractivity contribution in [3.05, 3.63) is 84.6 Å². The first-order valence-electron chi connectivity index (χ1n) is 12.6. The Balaban J connectivity index is 1.36. The topological polar surface area (TPSA) is 63.9 Å². The minimum Gasteiger partial charge on any atom is -0.496 e. The first-order valence-corrected chi connectivity index (χ1v) is 12.6. The second kappa shape index (κ2) is 11.5. The third kappa shape index (κ3) is 5.77. The first kappa shape index (κ1) is 24.8. The number of carbonyl (C=O) groups excluding carboxylic acids is 1. The van der Waals surface area contributed by atoms with Gasteiger partial charge in [-0.05, 0) is 35.3 Å². The highest BCUT2D eigenvalue weighted by molar-refractivity contribution is 6.00. The van der Waals surface area contributed by atoms with Gasteiger partial charge in [-0.15, -0.1) is 0 Å². The van der Waals surface area contributed by atoms with Crippen molar-refractivity contribution < 1.29 is 18.7 Å². The van der Waals surface area contributed by atoms with Crippen molar-refractivity contribution >= 4 is 22.4 Å². The number of methoxy groups -OCH3 is 1. The molecule has 3 aromatic carbocycles. The van der Waals surface area contributed by atoms with Gasteiger partial charge in [-0.2, -0.15) is 0 Å². The predicted octanol–water partition coefficient (Wildman–Crippen LogP) is 5.63. The maximum absolute atomic E-state index is 12.6. The molecule has 6 nitrogen and oxygen atoms in total. The fraction of sp³-hybridized carbons (Fsp3) is 0.258. The van der Waals surface area contributed by atoms with Gasteiger partial charge in [0.1, 0.15) is 11.3 Å². The van der Waals surface area contributed by atoms with Gasteiger partial charge >= 0.3 is 0 Å². The third-order valence-corrected chi connectivity index (χ3v) is 6.80. The summed E-state index contributed by atoms with van der Waals surface area (Å²) in [5, 5.41) is 3.97. The van der Waals surface area contributed by atoms with Crippen LogP contribution in [0.25, 0.3) is 38.8 Å². The van der Waals surface area contributed by atoms with E-state index < -0.39 is 0 Å². The number of morpholine rings is 1. The van der Waals surface area contributed by atoms with Crippen molar-refractivity contribution in [1.82, 2.24) is 10.2 Å². The summed E-state index contributed by atoms with van der Waals surface area (Å²) in [6, 6.07) is 22.7. The molecule has 0 aliphatic carbocycles.